The van der Waals surface area contributed by atoms with Gasteiger partial charge in [0.15, 0.2) is 0 Å². The van der Waals surface area contributed by atoms with Crippen molar-refractivity contribution in [3.05, 3.63) is 265 Å². The highest BCUT2D eigenvalue weighted by Crippen LogP contribution is 2.51. The van der Waals surface area contributed by atoms with E-state index in [1.54, 1.807) is 0 Å². The smallest absolute Gasteiger partial charge is 0.0614 e. The quantitative estimate of drug-likeness (QED) is 0.140. The summed E-state index contributed by atoms with van der Waals surface area (Å²) in [5, 5.41) is 4.85. The third-order valence-corrected chi connectivity index (χ3v) is 13.5. The molecule has 322 valence electrons. The topological polar surface area (TPSA) is 20.2 Å². The Morgan fingerprint density at radius 3 is 1.76 bits per heavy atom. The molecule has 0 saturated heterocycles. The van der Waals surface area contributed by atoms with Crippen LogP contribution in [0, 0.1) is 0 Å². The van der Waals surface area contributed by atoms with Crippen LogP contribution < -0.4 is 10.2 Å². The molecule has 0 bridgehead atoms. The van der Waals surface area contributed by atoms with Gasteiger partial charge in [-0.2, -0.15) is 0 Å². The lowest BCUT2D eigenvalue weighted by atomic mass is 9.82. The summed E-state index contributed by atoms with van der Waals surface area (Å²) >= 11 is 0. The molecule has 1 N–H and O–H groups in total. The Morgan fingerprint density at radius 1 is 0.522 bits per heavy atom. The van der Waals surface area contributed by atoms with Crippen molar-refractivity contribution in [3.63, 3.8) is 0 Å². The maximum atomic E-state index is 4.85. The number of benzene rings is 9. The normalized spacial score (nSPS) is 12.5. The van der Waals surface area contributed by atoms with E-state index in [0.717, 1.165) is 62.0 Å². The molecule has 0 unspecified atom stereocenters. The first-order valence-corrected chi connectivity index (χ1v) is 23.2. The molecule has 1 aliphatic carbocycles. The van der Waals surface area contributed by atoms with Gasteiger partial charge < -0.3 is 14.8 Å². The number of fused-ring (bicyclic) bond motifs is 4. The number of rotatable bonds is 11. The molecule has 67 heavy (non-hydrogen) atoms. The Bertz CT molecular complexity index is 3450. The fourth-order valence-electron chi connectivity index (χ4n) is 10.1. The molecule has 0 aliphatic heterocycles. The fourth-order valence-corrected chi connectivity index (χ4v) is 10.1. The summed E-state index contributed by atoms with van der Waals surface area (Å²) in [6.45, 7) is 11.6. The minimum atomic E-state index is -0.138. The summed E-state index contributed by atoms with van der Waals surface area (Å²) in [6, 6.07) is 80.8. The molecule has 1 heterocycles. The summed E-state index contributed by atoms with van der Waals surface area (Å²) in [7, 11) is 0. The van der Waals surface area contributed by atoms with E-state index in [4.69, 9.17) is 6.58 Å². The highest BCUT2D eigenvalue weighted by atomic mass is 15.1. The SMILES string of the molecule is C=C(c1ccccc1Nc1ccccc1)c1c(/C=C\C)c2ccccc2n1-c1ccc(N(c2ccc(-c3ccc(-c4ccccc4)cc3)cc2)c2ccc3c(c2)C(C)(C)c2ccccc2-3)cc1. The van der Waals surface area contributed by atoms with E-state index in [2.05, 4.69) is 266 Å². The zero-order valence-electron chi connectivity index (χ0n) is 38.1. The number of hydrogen-bond acceptors (Lipinski definition) is 2. The molecule has 1 aromatic heterocycles. The summed E-state index contributed by atoms with van der Waals surface area (Å²) in [6.07, 6.45) is 4.34. The van der Waals surface area contributed by atoms with E-state index in [1.165, 1.54) is 49.9 Å². The standard InChI is InChI=1S/C64H51N3/c1-5-18-58-57-25-14-17-28-62(57)67(63(58)44(2)54-23-13-16-27-61(54)65-49-21-10-7-11-22-49)52-39-37-51(38-40-52)66(53-41-42-56-55-24-12-15-26-59(55)64(3,4)60(56)43-53)50-35-33-48(34-36-50)47-31-29-46(30-32-47)45-19-8-6-9-20-45/h5-43,65H,2H2,1,3-4H3/b18-5-. The molecule has 0 fully saturated rings. The second-order valence-electron chi connectivity index (χ2n) is 17.9. The Balaban J connectivity index is 1.02. The van der Waals surface area contributed by atoms with Crippen LogP contribution in [0.25, 0.3) is 61.6 Å². The van der Waals surface area contributed by atoms with Crippen molar-refractivity contribution in [1.82, 2.24) is 4.57 Å². The molecule has 0 atom stereocenters. The lowest BCUT2D eigenvalue weighted by Crippen LogP contribution is -2.16. The molecule has 0 saturated carbocycles. The van der Waals surface area contributed by atoms with Crippen LogP contribution in [0.5, 0.6) is 0 Å². The third kappa shape index (κ3) is 7.45. The minimum Gasteiger partial charge on any atom is -0.355 e. The Kier molecular flexibility index (Phi) is 10.6. The highest BCUT2D eigenvalue weighted by Gasteiger charge is 2.36. The van der Waals surface area contributed by atoms with Crippen molar-refractivity contribution in [1.29, 1.82) is 0 Å². The number of allylic oxidation sites excluding steroid dienone is 1. The van der Waals surface area contributed by atoms with Gasteiger partial charge in [0.25, 0.3) is 0 Å². The van der Waals surface area contributed by atoms with Gasteiger partial charge in [-0.25, -0.2) is 0 Å². The van der Waals surface area contributed by atoms with Crippen molar-refractivity contribution in [2.24, 2.45) is 0 Å². The van der Waals surface area contributed by atoms with Crippen LogP contribution in [0.15, 0.2) is 237 Å². The van der Waals surface area contributed by atoms with Crippen LogP contribution >= 0.6 is 0 Å². The van der Waals surface area contributed by atoms with Crippen molar-refractivity contribution in [2.45, 2.75) is 26.2 Å². The molecule has 0 amide bonds. The van der Waals surface area contributed by atoms with Gasteiger partial charge in [-0.3, -0.25) is 0 Å². The lowest BCUT2D eigenvalue weighted by Gasteiger charge is -2.28. The summed E-state index contributed by atoms with van der Waals surface area (Å²) < 4.78 is 2.38. The highest BCUT2D eigenvalue weighted by molar-refractivity contribution is 6.01. The molecule has 1 aliphatic rings. The van der Waals surface area contributed by atoms with Crippen LogP contribution in [-0.2, 0) is 5.41 Å². The first kappa shape index (κ1) is 41.3. The van der Waals surface area contributed by atoms with Gasteiger partial charge in [0.1, 0.15) is 0 Å². The largest absolute Gasteiger partial charge is 0.355 e. The van der Waals surface area contributed by atoms with Gasteiger partial charge in [0.2, 0.25) is 0 Å². The van der Waals surface area contributed by atoms with Crippen molar-refractivity contribution >= 4 is 51.0 Å². The zero-order chi connectivity index (χ0) is 45.5. The second-order valence-corrected chi connectivity index (χ2v) is 17.9. The van der Waals surface area contributed by atoms with E-state index in [-0.39, 0.29) is 5.41 Å². The first-order chi connectivity index (χ1) is 32.9. The Labute approximate surface area is 394 Å². The van der Waals surface area contributed by atoms with Gasteiger partial charge in [-0.05, 0) is 124 Å². The van der Waals surface area contributed by atoms with Gasteiger partial charge in [0, 0.05) is 61.6 Å². The van der Waals surface area contributed by atoms with E-state index in [1.807, 2.05) is 6.07 Å². The molecule has 3 nitrogen and oxygen atoms in total. The maximum absolute atomic E-state index is 4.85. The van der Waals surface area contributed by atoms with Crippen LogP contribution in [0.3, 0.4) is 0 Å². The molecular weight excluding hydrogens is 811 g/mol. The number of nitrogens with one attached hydrogen (secondary N) is 1. The predicted molar refractivity (Wildman–Crippen MR) is 285 cm³/mol. The molecule has 9 aromatic carbocycles. The van der Waals surface area contributed by atoms with Gasteiger partial charge >= 0.3 is 0 Å². The van der Waals surface area contributed by atoms with Crippen molar-refractivity contribution in [2.75, 3.05) is 10.2 Å². The summed E-state index contributed by atoms with van der Waals surface area (Å²) in [5.74, 6) is 0. The van der Waals surface area contributed by atoms with E-state index >= 15 is 0 Å². The summed E-state index contributed by atoms with van der Waals surface area (Å²) in [5.41, 5.74) is 21.6. The number of aromatic nitrogens is 1. The van der Waals surface area contributed by atoms with Crippen LogP contribution in [-0.4, -0.2) is 4.57 Å². The average Bonchev–Trinajstić information content (AvgIpc) is 3.83. The Morgan fingerprint density at radius 2 is 1.06 bits per heavy atom. The number of hydrogen-bond donors (Lipinski definition) is 1. The number of para-hydroxylation sites is 3. The van der Waals surface area contributed by atoms with Crippen LogP contribution in [0.2, 0.25) is 0 Å². The van der Waals surface area contributed by atoms with Gasteiger partial charge in [-0.1, -0.05) is 184 Å². The van der Waals surface area contributed by atoms with E-state index in [0.29, 0.717) is 0 Å². The molecule has 11 rings (SSSR count). The number of anilines is 5. The van der Waals surface area contributed by atoms with Gasteiger partial charge in [0.05, 0.1) is 11.2 Å². The number of nitrogens with zero attached hydrogens (tertiary/aromatic N) is 2. The molecule has 0 radical (unpaired) electrons. The van der Waals surface area contributed by atoms with Crippen molar-refractivity contribution in [3.8, 4) is 39.1 Å². The van der Waals surface area contributed by atoms with E-state index < -0.39 is 0 Å². The minimum absolute atomic E-state index is 0.138. The monoisotopic (exact) mass is 861 g/mol. The fraction of sp³-hybridized carbons (Fsp3) is 0.0625. The van der Waals surface area contributed by atoms with E-state index in [9.17, 15) is 0 Å². The molecule has 3 heteroatoms. The molecule has 10 aromatic rings. The zero-order valence-corrected chi connectivity index (χ0v) is 38.1. The second kappa shape index (κ2) is 17.2. The average molecular weight is 862 g/mol. The summed E-state index contributed by atoms with van der Waals surface area (Å²) in [4.78, 5) is 2.40. The predicted octanol–water partition coefficient (Wildman–Crippen LogP) is 17.6. The molecular formula is C64H51N3. The van der Waals surface area contributed by atoms with Crippen LogP contribution in [0.1, 0.15) is 48.7 Å². The third-order valence-electron chi connectivity index (χ3n) is 13.5. The van der Waals surface area contributed by atoms with Crippen LogP contribution in [0.4, 0.5) is 28.4 Å². The van der Waals surface area contributed by atoms with Crippen molar-refractivity contribution < 1.29 is 0 Å². The van der Waals surface area contributed by atoms with Gasteiger partial charge in [-0.15, -0.1) is 0 Å². The Hall–Kier alpha value is -8.40. The maximum Gasteiger partial charge on any atom is 0.0614 e. The molecule has 0 spiro atoms. The first-order valence-electron chi connectivity index (χ1n) is 23.2. The lowest BCUT2D eigenvalue weighted by molar-refractivity contribution is 0.660.